The number of nitrogens with zero attached hydrogens (tertiary/aromatic N) is 2. The zero-order valence-corrected chi connectivity index (χ0v) is 16.1. The van der Waals surface area contributed by atoms with E-state index < -0.39 is 54.4 Å². The van der Waals surface area contributed by atoms with Crippen LogP contribution in [0.25, 0.3) is 0 Å². The van der Waals surface area contributed by atoms with Crippen molar-refractivity contribution in [1.82, 2.24) is 26.0 Å². The molecule has 2 heterocycles. The van der Waals surface area contributed by atoms with Crippen LogP contribution in [0.4, 0.5) is 17.6 Å². The van der Waals surface area contributed by atoms with Crippen molar-refractivity contribution in [3.05, 3.63) is 35.1 Å². The monoisotopic (exact) mass is 403 g/mol. The maximum Gasteiger partial charge on any atom is 0.270 e. The topological polar surface area (TPSA) is 59.6 Å². The Kier molecular flexibility index (Phi) is 5.68. The van der Waals surface area contributed by atoms with Crippen LogP contribution in [0.5, 0.6) is 0 Å². The summed E-state index contributed by atoms with van der Waals surface area (Å²) in [5.41, 5.74) is 2.70. The Morgan fingerprint density at radius 1 is 1.32 bits per heavy atom. The highest BCUT2D eigenvalue weighted by atomic mass is 19.3. The molecule has 2 fully saturated rings. The lowest BCUT2D eigenvalue weighted by atomic mass is 9.95. The Bertz CT molecular complexity index is 741. The van der Waals surface area contributed by atoms with E-state index in [2.05, 4.69) is 16.1 Å². The highest BCUT2D eigenvalue weighted by molar-refractivity contribution is 5.81. The minimum Gasteiger partial charge on any atom is -0.327 e. The summed E-state index contributed by atoms with van der Waals surface area (Å²) < 4.78 is 55.1. The lowest BCUT2D eigenvalue weighted by Crippen LogP contribution is -2.68. The van der Waals surface area contributed by atoms with Crippen LogP contribution in [0.2, 0.25) is 0 Å². The molecule has 0 aromatic heterocycles. The highest BCUT2D eigenvalue weighted by Crippen LogP contribution is 2.35. The molecule has 156 valence electrons. The van der Waals surface area contributed by atoms with Crippen LogP contribution >= 0.6 is 0 Å². The van der Waals surface area contributed by atoms with E-state index in [4.69, 9.17) is 0 Å². The Morgan fingerprint density at radius 3 is 2.54 bits per heavy atom. The molecule has 0 radical (unpaired) electrons. The first-order valence-corrected chi connectivity index (χ1v) is 9.05. The summed E-state index contributed by atoms with van der Waals surface area (Å²) in [5, 5.41) is 7.57. The van der Waals surface area contributed by atoms with Crippen LogP contribution in [-0.4, -0.2) is 55.1 Å². The number of hydrogen-bond acceptors (Lipinski definition) is 5. The predicted molar refractivity (Wildman–Crippen MR) is 95.2 cm³/mol. The van der Waals surface area contributed by atoms with Crippen molar-refractivity contribution in [2.45, 2.75) is 44.3 Å². The fourth-order valence-corrected chi connectivity index (χ4v) is 3.74. The van der Waals surface area contributed by atoms with Crippen molar-refractivity contribution in [3.63, 3.8) is 0 Å². The van der Waals surface area contributed by atoms with E-state index >= 15 is 0 Å². The number of hydrazine groups is 1. The van der Waals surface area contributed by atoms with Crippen molar-refractivity contribution in [2.75, 3.05) is 20.8 Å². The summed E-state index contributed by atoms with van der Waals surface area (Å²) in [6, 6.07) is 1.89. The van der Waals surface area contributed by atoms with Gasteiger partial charge in [-0.2, -0.15) is 0 Å². The van der Waals surface area contributed by atoms with Gasteiger partial charge < -0.3 is 5.32 Å². The SMILES string of the molecule is CC(c1ccc(C(C)(F)F)cc1F)N1NC(CF)C2C(=O)NC(N(C)C)NC21. The van der Waals surface area contributed by atoms with Crippen LogP contribution in [0.1, 0.15) is 31.0 Å². The van der Waals surface area contributed by atoms with Gasteiger partial charge in [0.15, 0.2) is 0 Å². The molecule has 0 bridgehead atoms. The highest BCUT2D eigenvalue weighted by Gasteiger charge is 2.51. The van der Waals surface area contributed by atoms with Gasteiger partial charge in [0, 0.05) is 18.1 Å². The number of carbonyl (C=O) groups is 1. The van der Waals surface area contributed by atoms with Crippen molar-refractivity contribution in [3.8, 4) is 0 Å². The molecule has 2 aliphatic heterocycles. The van der Waals surface area contributed by atoms with Gasteiger partial charge >= 0.3 is 0 Å². The molecular weight excluding hydrogens is 378 g/mol. The van der Waals surface area contributed by atoms with Gasteiger partial charge in [-0.15, -0.1) is 0 Å². The molecule has 3 rings (SSSR count). The average Bonchev–Trinajstić information content (AvgIpc) is 2.99. The molecule has 2 aliphatic rings. The third-order valence-electron chi connectivity index (χ3n) is 5.36. The molecular formula is C18H25F4N5O. The summed E-state index contributed by atoms with van der Waals surface area (Å²) in [6.07, 6.45) is -1.07. The van der Waals surface area contributed by atoms with E-state index in [1.807, 2.05) is 0 Å². The largest absolute Gasteiger partial charge is 0.327 e. The molecule has 1 aromatic rings. The quantitative estimate of drug-likeness (QED) is 0.653. The molecule has 2 saturated heterocycles. The number of rotatable bonds is 5. The number of alkyl halides is 3. The normalized spacial score (nSPS) is 29.7. The van der Waals surface area contributed by atoms with Crippen LogP contribution in [0.15, 0.2) is 18.2 Å². The molecule has 3 N–H and O–H groups in total. The Labute approximate surface area is 161 Å². The van der Waals surface area contributed by atoms with Gasteiger partial charge in [0.05, 0.1) is 24.2 Å². The minimum atomic E-state index is -3.15. The maximum atomic E-state index is 14.6. The fourth-order valence-electron chi connectivity index (χ4n) is 3.74. The summed E-state index contributed by atoms with van der Waals surface area (Å²) in [7, 11) is 3.54. The lowest BCUT2D eigenvalue weighted by Gasteiger charge is -2.41. The van der Waals surface area contributed by atoms with Crippen molar-refractivity contribution < 1.29 is 22.4 Å². The van der Waals surface area contributed by atoms with Gasteiger partial charge in [0.25, 0.3) is 5.92 Å². The summed E-state index contributed by atoms with van der Waals surface area (Å²) in [4.78, 5) is 14.3. The number of halogens is 4. The Morgan fingerprint density at radius 2 is 2.00 bits per heavy atom. The van der Waals surface area contributed by atoms with E-state index in [0.29, 0.717) is 6.92 Å². The van der Waals surface area contributed by atoms with E-state index in [9.17, 15) is 22.4 Å². The lowest BCUT2D eigenvalue weighted by molar-refractivity contribution is -0.133. The van der Waals surface area contributed by atoms with Crippen LogP contribution in [0.3, 0.4) is 0 Å². The molecule has 1 aromatic carbocycles. The molecule has 0 saturated carbocycles. The molecule has 5 atom stereocenters. The molecule has 0 spiro atoms. The van der Waals surface area contributed by atoms with E-state index in [0.717, 1.165) is 6.07 Å². The molecule has 5 unspecified atom stereocenters. The fraction of sp³-hybridized carbons (Fsp3) is 0.611. The van der Waals surface area contributed by atoms with Crippen LogP contribution in [-0.2, 0) is 10.7 Å². The summed E-state index contributed by atoms with van der Waals surface area (Å²) >= 11 is 0. The van der Waals surface area contributed by atoms with Gasteiger partial charge in [-0.1, -0.05) is 12.1 Å². The second kappa shape index (κ2) is 7.58. The third-order valence-corrected chi connectivity index (χ3v) is 5.36. The zero-order chi connectivity index (χ0) is 20.8. The van der Waals surface area contributed by atoms with Crippen molar-refractivity contribution >= 4 is 5.91 Å². The number of benzene rings is 1. The first kappa shape index (κ1) is 21.0. The van der Waals surface area contributed by atoms with Gasteiger partial charge in [0.2, 0.25) is 5.91 Å². The van der Waals surface area contributed by atoms with Crippen molar-refractivity contribution in [1.29, 1.82) is 0 Å². The minimum absolute atomic E-state index is 0.174. The number of fused-ring (bicyclic) bond motifs is 1. The Hall–Kier alpha value is -1.75. The molecule has 28 heavy (non-hydrogen) atoms. The zero-order valence-electron chi connectivity index (χ0n) is 16.1. The van der Waals surface area contributed by atoms with E-state index in [1.165, 1.54) is 12.1 Å². The van der Waals surface area contributed by atoms with E-state index in [-0.39, 0.29) is 11.5 Å². The first-order valence-electron chi connectivity index (χ1n) is 9.05. The standard InChI is InChI=1S/C18H25F4N5O/c1-9(11-6-5-10(7-12(11)20)18(2,21)22)27-15-14(13(8-19)25-27)16(28)24-17(23-15)26(3)4/h5-7,9,13-15,17,23,25H,8H2,1-4H3,(H,24,28). The summed E-state index contributed by atoms with van der Waals surface area (Å²) in [6.45, 7) is 1.59. The second-order valence-electron chi connectivity index (χ2n) is 7.61. The van der Waals surface area contributed by atoms with Gasteiger partial charge in [-0.3, -0.25) is 15.0 Å². The number of amides is 1. The van der Waals surface area contributed by atoms with Gasteiger partial charge in [-0.05, 0) is 27.1 Å². The third kappa shape index (κ3) is 3.73. The van der Waals surface area contributed by atoms with Crippen LogP contribution in [0, 0.1) is 11.7 Å². The van der Waals surface area contributed by atoms with Crippen molar-refractivity contribution in [2.24, 2.45) is 5.92 Å². The maximum absolute atomic E-state index is 14.6. The number of hydrogen-bond donors (Lipinski definition) is 3. The van der Waals surface area contributed by atoms with Gasteiger partial charge in [0.1, 0.15) is 18.8 Å². The number of nitrogens with one attached hydrogen (secondary N) is 3. The predicted octanol–water partition coefficient (Wildman–Crippen LogP) is 1.66. The van der Waals surface area contributed by atoms with Crippen LogP contribution < -0.4 is 16.1 Å². The smallest absolute Gasteiger partial charge is 0.270 e. The number of carbonyl (C=O) groups excluding carboxylic acids is 1. The first-order chi connectivity index (χ1) is 13.0. The second-order valence-corrected chi connectivity index (χ2v) is 7.61. The molecule has 10 heteroatoms. The summed E-state index contributed by atoms with van der Waals surface area (Å²) in [5.74, 6) is -4.96. The Balaban J connectivity index is 1.90. The molecule has 1 amide bonds. The molecule has 6 nitrogen and oxygen atoms in total. The van der Waals surface area contributed by atoms with E-state index in [1.54, 1.807) is 30.9 Å². The average molecular weight is 403 g/mol. The molecule has 0 aliphatic carbocycles. The van der Waals surface area contributed by atoms with Gasteiger partial charge in [-0.25, -0.2) is 28.0 Å².